The molecule has 5 heteroatoms. The first-order chi connectivity index (χ1) is 11.2. The lowest BCUT2D eigenvalue weighted by atomic mass is 10.2. The van der Waals surface area contributed by atoms with Crippen molar-refractivity contribution >= 4 is 11.8 Å². The summed E-state index contributed by atoms with van der Waals surface area (Å²) < 4.78 is 6.84. The number of ether oxygens (including phenoxy) is 1. The molecule has 3 aromatic rings. The lowest BCUT2D eigenvalue weighted by molar-refractivity contribution is 0.411. The maximum atomic E-state index is 12.2. The molecule has 0 spiro atoms. The van der Waals surface area contributed by atoms with Crippen LogP contribution in [0.25, 0.3) is 5.69 Å². The van der Waals surface area contributed by atoms with Crippen LogP contribution in [0.3, 0.4) is 0 Å². The fourth-order valence-electron chi connectivity index (χ4n) is 2.31. The van der Waals surface area contributed by atoms with Gasteiger partial charge in [-0.15, -0.1) is 11.8 Å². The number of H-pyrrole nitrogens is 1. The van der Waals surface area contributed by atoms with Gasteiger partial charge in [0.2, 0.25) is 0 Å². The van der Waals surface area contributed by atoms with Crippen molar-refractivity contribution in [1.29, 1.82) is 0 Å². The zero-order valence-corrected chi connectivity index (χ0v) is 13.9. The third-order valence-electron chi connectivity index (χ3n) is 3.51. The SMILES string of the molecule is COc1ccccc1-n1[nH]c(CSc2ccc(C)cc2)cc1=O. The van der Waals surface area contributed by atoms with E-state index in [1.54, 1.807) is 24.9 Å². The molecule has 1 N–H and O–H groups in total. The molecule has 0 saturated heterocycles. The highest BCUT2D eigenvalue weighted by atomic mass is 32.2. The number of aryl methyl sites for hydroxylation is 1. The summed E-state index contributed by atoms with van der Waals surface area (Å²) in [4.78, 5) is 13.4. The van der Waals surface area contributed by atoms with E-state index in [1.807, 2.05) is 24.3 Å². The second-order valence-corrected chi connectivity index (χ2v) is 6.28. The Kier molecular flexibility index (Phi) is 4.57. The van der Waals surface area contributed by atoms with Crippen LogP contribution in [-0.2, 0) is 5.75 Å². The molecule has 0 unspecified atom stereocenters. The van der Waals surface area contributed by atoms with Crippen LogP contribution in [0.15, 0.2) is 64.3 Å². The van der Waals surface area contributed by atoms with Gasteiger partial charge in [-0.1, -0.05) is 29.8 Å². The highest BCUT2D eigenvalue weighted by molar-refractivity contribution is 7.98. The second kappa shape index (κ2) is 6.79. The highest BCUT2D eigenvalue weighted by Gasteiger charge is 2.09. The molecule has 1 aromatic heterocycles. The van der Waals surface area contributed by atoms with E-state index in [0.29, 0.717) is 17.2 Å². The monoisotopic (exact) mass is 326 g/mol. The van der Waals surface area contributed by atoms with Crippen LogP contribution in [0.2, 0.25) is 0 Å². The van der Waals surface area contributed by atoms with Gasteiger partial charge in [0, 0.05) is 22.4 Å². The van der Waals surface area contributed by atoms with E-state index in [9.17, 15) is 4.79 Å². The summed E-state index contributed by atoms with van der Waals surface area (Å²) in [7, 11) is 1.60. The molecular formula is C18H18N2O2S. The normalized spacial score (nSPS) is 10.7. The quantitative estimate of drug-likeness (QED) is 0.726. The van der Waals surface area contributed by atoms with Crippen LogP contribution >= 0.6 is 11.8 Å². The summed E-state index contributed by atoms with van der Waals surface area (Å²) in [5.41, 5.74) is 2.75. The van der Waals surface area contributed by atoms with Gasteiger partial charge in [-0.05, 0) is 31.2 Å². The molecule has 1 heterocycles. The zero-order chi connectivity index (χ0) is 16.2. The number of thioether (sulfide) groups is 1. The lowest BCUT2D eigenvalue weighted by Gasteiger charge is -2.08. The Morgan fingerprint density at radius 1 is 1.13 bits per heavy atom. The summed E-state index contributed by atoms with van der Waals surface area (Å²) in [6.07, 6.45) is 0. The van der Waals surface area contributed by atoms with E-state index in [4.69, 9.17) is 4.74 Å². The molecule has 0 aliphatic rings. The number of methoxy groups -OCH3 is 1. The second-order valence-electron chi connectivity index (χ2n) is 5.23. The van der Waals surface area contributed by atoms with Crippen molar-refractivity contribution < 1.29 is 4.74 Å². The van der Waals surface area contributed by atoms with Gasteiger partial charge < -0.3 is 4.74 Å². The Bertz CT molecular complexity index is 850. The predicted octanol–water partition coefficient (Wildman–Crippen LogP) is 3.77. The minimum Gasteiger partial charge on any atom is -0.494 e. The van der Waals surface area contributed by atoms with E-state index >= 15 is 0 Å². The van der Waals surface area contributed by atoms with Crippen molar-refractivity contribution in [3.63, 3.8) is 0 Å². The van der Waals surface area contributed by atoms with E-state index in [2.05, 4.69) is 36.3 Å². The maximum absolute atomic E-state index is 12.2. The van der Waals surface area contributed by atoms with Gasteiger partial charge in [0.15, 0.2) is 0 Å². The summed E-state index contributed by atoms with van der Waals surface area (Å²) in [6.45, 7) is 2.07. The molecule has 23 heavy (non-hydrogen) atoms. The Balaban J connectivity index is 1.81. The van der Waals surface area contributed by atoms with Gasteiger partial charge in [0.05, 0.1) is 7.11 Å². The largest absolute Gasteiger partial charge is 0.494 e. The van der Waals surface area contributed by atoms with E-state index in [-0.39, 0.29) is 5.56 Å². The van der Waals surface area contributed by atoms with Crippen molar-refractivity contribution in [1.82, 2.24) is 9.78 Å². The van der Waals surface area contributed by atoms with Gasteiger partial charge in [-0.2, -0.15) is 0 Å². The Labute approximate surface area is 139 Å². The van der Waals surface area contributed by atoms with Crippen LogP contribution in [-0.4, -0.2) is 16.9 Å². The fraction of sp³-hybridized carbons (Fsp3) is 0.167. The predicted molar refractivity (Wildman–Crippen MR) is 93.7 cm³/mol. The van der Waals surface area contributed by atoms with E-state index in [1.165, 1.54) is 15.1 Å². The fourth-order valence-corrected chi connectivity index (χ4v) is 3.11. The molecule has 0 saturated carbocycles. The van der Waals surface area contributed by atoms with E-state index in [0.717, 1.165) is 5.69 Å². The summed E-state index contributed by atoms with van der Waals surface area (Å²) in [5.74, 6) is 1.37. The van der Waals surface area contributed by atoms with Crippen molar-refractivity contribution in [2.75, 3.05) is 7.11 Å². The minimum atomic E-state index is -0.0889. The third kappa shape index (κ3) is 3.51. The molecule has 3 rings (SSSR count). The number of aromatic amines is 1. The highest BCUT2D eigenvalue weighted by Crippen LogP contribution is 2.23. The van der Waals surface area contributed by atoms with Crippen LogP contribution in [0, 0.1) is 6.92 Å². The van der Waals surface area contributed by atoms with Gasteiger partial charge in [-0.25, -0.2) is 4.68 Å². The zero-order valence-electron chi connectivity index (χ0n) is 13.1. The number of hydrogen-bond acceptors (Lipinski definition) is 3. The average Bonchev–Trinajstić information content (AvgIpc) is 2.95. The smallest absolute Gasteiger partial charge is 0.271 e. The molecule has 0 aliphatic heterocycles. The Hall–Kier alpha value is -2.40. The van der Waals surface area contributed by atoms with Crippen molar-refractivity contribution in [2.45, 2.75) is 17.6 Å². The van der Waals surface area contributed by atoms with Crippen LogP contribution in [0.4, 0.5) is 0 Å². The Morgan fingerprint density at radius 2 is 1.87 bits per heavy atom. The first-order valence-electron chi connectivity index (χ1n) is 7.31. The summed E-state index contributed by atoms with van der Waals surface area (Å²) in [6, 6.07) is 17.4. The molecule has 4 nitrogen and oxygen atoms in total. The molecule has 0 bridgehead atoms. The topological polar surface area (TPSA) is 47.0 Å². The molecule has 118 valence electrons. The van der Waals surface area contributed by atoms with Crippen molar-refractivity contribution in [2.24, 2.45) is 0 Å². The minimum absolute atomic E-state index is 0.0889. The first-order valence-corrected chi connectivity index (χ1v) is 8.30. The summed E-state index contributed by atoms with van der Waals surface area (Å²) in [5, 5.41) is 3.16. The van der Waals surface area contributed by atoms with Gasteiger partial charge in [0.25, 0.3) is 5.56 Å². The van der Waals surface area contributed by atoms with E-state index < -0.39 is 0 Å². The molecule has 0 aliphatic carbocycles. The van der Waals surface area contributed by atoms with Gasteiger partial charge in [-0.3, -0.25) is 9.89 Å². The lowest BCUT2D eigenvalue weighted by Crippen LogP contribution is -2.14. The molecule has 0 amide bonds. The van der Waals surface area contributed by atoms with Gasteiger partial charge >= 0.3 is 0 Å². The summed E-state index contributed by atoms with van der Waals surface area (Å²) >= 11 is 1.69. The molecule has 0 radical (unpaired) electrons. The third-order valence-corrected chi connectivity index (χ3v) is 4.58. The Morgan fingerprint density at radius 3 is 2.61 bits per heavy atom. The molecular weight excluding hydrogens is 308 g/mol. The van der Waals surface area contributed by atoms with Crippen LogP contribution < -0.4 is 10.3 Å². The van der Waals surface area contributed by atoms with Crippen LogP contribution in [0.1, 0.15) is 11.3 Å². The molecule has 0 fully saturated rings. The number of aromatic nitrogens is 2. The van der Waals surface area contributed by atoms with Crippen molar-refractivity contribution in [3.05, 3.63) is 76.2 Å². The number of nitrogens with zero attached hydrogens (tertiary/aromatic N) is 1. The van der Waals surface area contributed by atoms with Crippen LogP contribution in [0.5, 0.6) is 5.75 Å². The molecule has 2 aromatic carbocycles. The number of benzene rings is 2. The maximum Gasteiger partial charge on any atom is 0.271 e. The number of hydrogen-bond donors (Lipinski definition) is 1. The number of nitrogens with one attached hydrogen (secondary N) is 1. The number of para-hydroxylation sites is 2. The standard InChI is InChI=1S/C18H18N2O2S/c1-13-7-9-15(10-8-13)23-12-14-11-18(21)20(19-14)16-5-3-4-6-17(16)22-2/h3-11,19H,12H2,1-2H3. The number of rotatable bonds is 5. The first kappa shape index (κ1) is 15.5. The average molecular weight is 326 g/mol. The van der Waals surface area contributed by atoms with Crippen molar-refractivity contribution in [3.8, 4) is 11.4 Å². The van der Waals surface area contributed by atoms with Gasteiger partial charge in [0.1, 0.15) is 11.4 Å². The molecule has 0 atom stereocenters.